The quantitative estimate of drug-likeness (QED) is 0.170. The van der Waals surface area contributed by atoms with Crippen molar-refractivity contribution >= 4 is 23.1 Å². The SMILES string of the molecule is CCCC#Cc1ccc(C#Cc2cc(F)c(-c3cc(F)c(N=C=S)c(F)c3)c(F)c2)c(F)c1. The van der Waals surface area contributed by atoms with Crippen LogP contribution in [-0.2, 0) is 0 Å². The van der Waals surface area contributed by atoms with Crippen molar-refractivity contribution in [3.8, 4) is 34.8 Å². The van der Waals surface area contributed by atoms with Crippen LogP contribution in [0.2, 0.25) is 0 Å². The summed E-state index contributed by atoms with van der Waals surface area (Å²) in [5, 5.41) is 1.83. The molecule has 0 amide bonds. The van der Waals surface area contributed by atoms with Crippen molar-refractivity contribution in [2.75, 3.05) is 0 Å². The van der Waals surface area contributed by atoms with Gasteiger partial charge in [-0.25, -0.2) is 22.0 Å². The monoisotopic (exact) mass is 467 g/mol. The molecule has 1 nitrogen and oxygen atoms in total. The molecule has 0 N–H and O–H groups in total. The second-order valence-electron chi connectivity index (χ2n) is 6.80. The first-order valence-corrected chi connectivity index (χ1v) is 10.1. The molecule has 0 heterocycles. The summed E-state index contributed by atoms with van der Waals surface area (Å²) in [5.41, 5.74) is -1.27. The van der Waals surface area contributed by atoms with Gasteiger partial charge in [-0.2, -0.15) is 4.99 Å². The van der Waals surface area contributed by atoms with Crippen LogP contribution in [0.15, 0.2) is 47.5 Å². The zero-order chi connectivity index (χ0) is 24.0. The lowest BCUT2D eigenvalue weighted by Gasteiger charge is -2.08. The van der Waals surface area contributed by atoms with Crippen LogP contribution in [0.5, 0.6) is 0 Å². The number of rotatable bonds is 3. The summed E-state index contributed by atoms with van der Waals surface area (Å²) in [6.45, 7) is 1.98. The molecule has 0 atom stereocenters. The van der Waals surface area contributed by atoms with Gasteiger partial charge in [-0.1, -0.05) is 30.6 Å². The van der Waals surface area contributed by atoms with E-state index in [2.05, 4.69) is 40.9 Å². The van der Waals surface area contributed by atoms with Gasteiger partial charge in [-0.05, 0) is 66.7 Å². The maximum Gasteiger partial charge on any atom is 0.153 e. The molecule has 0 radical (unpaired) electrons. The van der Waals surface area contributed by atoms with Gasteiger partial charge in [-0.3, -0.25) is 0 Å². The van der Waals surface area contributed by atoms with Crippen LogP contribution in [0, 0.1) is 52.8 Å². The highest BCUT2D eigenvalue weighted by molar-refractivity contribution is 7.78. The molecule has 3 rings (SSSR count). The number of halogens is 5. The summed E-state index contributed by atoms with van der Waals surface area (Å²) in [5.74, 6) is 5.66. The molecule has 0 saturated heterocycles. The first-order chi connectivity index (χ1) is 15.8. The zero-order valence-corrected chi connectivity index (χ0v) is 18.0. The molecule has 0 aromatic heterocycles. The second kappa shape index (κ2) is 10.7. The standard InChI is InChI=1S/C26H14F5NS/c1-2-3-4-5-16-6-8-18(20(27)10-16)9-7-17-11-21(28)25(22(29)12-17)19-13-23(30)26(32-15-33)24(31)14-19/h6,8,10-14H,2-3H2,1H3. The minimum atomic E-state index is -1.15. The Morgan fingerprint density at radius 3 is 1.97 bits per heavy atom. The molecule has 0 unspecified atom stereocenters. The second-order valence-corrected chi connectivity index (χ2v) is 6.99. The van der Waals surface area contributed by atoms with Crippen molar-refractivity contribution in [1.82, 2.24) is 0 Å². The lowest BCUT2D eigenvalue weighted by molar-refractivity contribution is 0.580. The number of aliphatic imine (C=N–C) groups is 1. The molecule has 3 aromatic rings. The Morgan fingerprint density at radius 2 is 1.39 bits per heavy atom. The third-order valence-corrected chi connectivity index (χ3v) is 4.51. The number of benzene rings is 3. The van der Waals surface area contributed by atoms with Crippen LogP contribution in [0.3, 0.4) is 0 Å². The Hall–Kier alpha value is -3.77. The maximum atomic E-state index is 14.6. The highest BCUT2D eigenvalue weighted by atomic mass is 32.1. The van der Waals surface area contributed by atoms with Crippen molar-refractivity contribution in [3.05, 3.63) is 88.2 Å². The summed E-state index contributed by atoms with van der Waals surface area (Å²) in [6.07, 6.45) is 1.59. The van der Waals surface area contributed by atoms with Gasteiger partial charge in [-0.15, -0.1) is 0 Å². The molecule has 0 aliphatic heterocycles. The lowest BCUT2D eigenvalue weighted by atomic mass is 10.0. The fourth-order valence-corrected chi connectivity index (χ4v) is 3.00. The molecule has 0 saturated carbocycles. The summed E-state index contributed by atoms with van der Waals surface area (Å²) < 4.78 is 71.6. The van der Waals surface area contributed by atoms with Crippen molar-refractivity contribution in [1.29, 1.82) is 0 Å². The van der Waals surface area contributed by atoms with Crippen molar-refractivity contribution in [3.63, 3.8) is 0 Å². The average molecular weight is 467 g/mol. The van der Waals surface area contributed by atoms with Gasteiger partial charge in [0.1, 0.15) is 23.1 Å². The van der Waals surface area contributed by atoms with E-state index in [4.69, 9.17) is 0 Å². The predicted octanol–water partition coefficient (Wildman–Crippen LogP) is 7.33. The van der Waals surface area contributed by atoms with Gasteiger partial charge < -0.3 is 0 Å². The Balaban J connectivity index is 1.94. The van der Waals surface area contributed by atoms with Gasteiger partial charge in [0.2, 0.25) is 0 Å². The fourth-order valence-electron chi connectivity index (χ4n) is 2.91. The molecule has 0 bridgehead atoms. The van der Waals surface area contributed by atoms with Crippen LogP contribution >= 0.6 is 12.2 Å². The number of unbranched alkanes of at least 4 members (excludes halogenated alkanes) is 1. The molecule has 0 aliphatic rings. The van der Waals surface area contributed by atoms with Crippen LogP contribution in [-0.4, -0.2) is 5.16 Å². The zero-order valence-electron chi connectivity index (χ0n) is 17.2. The van der Waals surface area contributed by atoms with Gasteiger partial charge >= 0.3 is 0 Å². The van der Waals surface area contributed by atoms with Crippen LogP contribution in [0.25, 0.3) is 11.1 Å². The third-order valence-electron chi connectivity index (χ3n) is 4.42. The summed E-state index contributed by atoms with van der Waals surface area (Å²) >= 11 is 4.32. The normalized spacial score (nSPS) is 9.88. The van der Waals surface area contributed by atoms with E-state index in [0.29, 0.717) is 12.0 Å². The number of isothiocyanates is 1. The van der Waals surface area contributed by atoms with Crippen LogP contribution in [0.4, 0.5) is 27.6 Å². The van der Waals surface area contributed by atoms with E-state index >= 15 is 0 Å². The van der Waals surface area contributed by atoms with Crippen LogP contribution in [0.1, 0.15) is 36.5 Å². The number of thiocarbonyl (C=S) groups is 1. The molecule has 0 fully saturated rings. The van der Waals surface area contributed by atoms with Crippen molar-refractivity contribution < 1.29 is 22.0 Å². The minimum Gasteiger partial charge on any atom is -0.206 e. The van der Waals surface area contributed by atoms with Gasteiger partial charge in [0.15, 0.2) is 11.6 Å². The smallest absolute Gasteiger partial charge is 0.153 e. The summed E-state index contributed by atoms with van der Waals surface area (Å²) in [6, 6.07) is 7.52. The van der Waals surface area contributed by atoms with Crippen molar-refractivity contribution in [2.45, 2.75) is 19.8 Å². The van der Waals surface area contributed by atoms with Gasteiger partial charge in [0, 0.05) is 17.5 Å². The van der Waals surface area contributed by atoms with E-state index in [-0.39, 0.29) is 16.7 Å². The Labute approximate surface area is 193 Å². The molecule has 0 spiro atoms. The first kappa shape index (κ1) is 23.9. The Morgan fingerprint density at radius 1 is 0.758 bits per heavy atom. The topological polar surface area (TPSA) is 12.4 Å². The maximum absolute atomic E-state index is 14.6. The lowest BCUT2D eigenvalue weighted by Crippen LogP contribution is -1.95. The minimum absolute atomic E-state index is 0.0276. The molecular weight excluding hydrogens is 453 g/mol. The largest absolute Gasteiger partial charge is 0.206 e. The Kier molecular flexibility index (Phi) is 7.74. The summed E-state index contributed by atoms with van der Waals surface area (Å²) in [4.78, 5) is 3.25. The van der Waals surface area contributed by atoms with Crippen molar-refractivity contribution in [2.24, 2.45) is 4.99 Å². The predicted molar refractivity (Wildman–Crippen MR) is 121 cm³/mol. The molecule has 0 aliphatic carbocycles. The van der Waals surface area contributed by atoms with Crippen LogP contribution < -0.4 is 0 Å². The fraction of sp³-hybridized carbons (Fsp3) is 0.115. The molecule has 33 heavy (non-hydrogen) atoms. The highest BCUT2D eigenvalue weighted by Crippen LogP contribution is 2.32. The van der Waals surface area contributed by atoms with E-state index < -0.39 is 40.3 Å². The third kappa shape index (κ3) is 5.73. The van der Waals surface area contributed by atoms with Gasteiger partial charge in [0.05, 0.1) is 16.3 Å². The first-order valence-electron chi connectivity index (χ1n) is 9.70. The number of hydrogen-bond donors (Lipinski definition) is 0. The van der Waals surface area contributed by atoms with E-state index in [0.717, 1.165) is 30.7 Å². The van der Waals surface area contributed by atoms with Gasteiger partial charge in [0.25, 0.3) is 0 Å². The molecule has 164 valence electrons. The average Bonchev–Trinajstić information content (AvgIpc) is 2.75. The Bertz CT molecular complexity index is 1350. The molecule has 3 aromatic carbocycles. The molecular formula is C26H14F5NS. The van der Waals surface area contributed by atoms with E-state index in [9.17, 15) is 22.0 Å². The summed E-state index contributed by atoms with van der Waals surface area (Å²) in [7, 11) is 0. The molecule has 7 heteroatoms. The number of hydrogen-bond acceptors (Lipinski definition) is 2. The van der Waals surface area contributed by atoms with E-state index in [1.807, 2.05) is 12.1 Å². The highest BCUT2D eigenvalue weighted by Gasteiger charge is 2.18. The van der Waals surface area contributed by atoms with E-state index in [1.54, 1.807) is 6.07 Å². The van der Waals surface area contributed by atoms with E-state index in [1.165, 1.54) is 12.1 Å². The number of nitrogens with zero attached hydrogens (tertiary/aromatic N) is 1.